The summed E-state index contributed by atoms with van der Waals surface area (Å²) in [6.45, 7) is 1.97. The third-order valence-corrected chi connectivity index (χ3v) is 6.62. The second-order valence-electron chi connectivity index (χ2n) is 8.20. The van der Waals surface area contributed by atoms with Gasteiger partial charge in [-0.05, 0) is 49.6 Å². The monoisotopic (exact) mass is 465 g/mol. The third-order valence-electron chi connectivity index (χ3n) is 5.58. The Labute approximate surface area is 196 Å². The molecule has 7 nitrogen and oxygen atoms in total. The highest BCUT2D eigenvalue weighted by atomic mass is 32.1. The lowest BCUT2D eigenvalue weighted by atomic mass is 10.1. The van der Waals surface area contributed by atoms with Gasteiger partial charge in [-0.25, -0.2) is 4.98 Å². The first-order valence-electron chi connectivity index (χ1n) is 11.2. The van der Waals surface area contributed by atoms with Crippen LogP contribution in [-0.4, -0.2) is 46.9 Å². The van der Waals surface area contributed by atoms with Gasteiger partial charge in [0, 0.05) is 25.1 Å². The van der Waals surface area contributed by atoms with Crippen molar-refractivity contribution in [1.82, 2.24) is 9.88 Å². The standard InChI is InChI=1S/C25H27N3O4S/c1-17(32-24(30)16-28-14-6-2-3-9-23(28)29)25(31)26-19-12-10-18(11-13-19)15-22-27-20-7-4-5-8-21(20)33-22/h4-5,7-8,10-13,17H,2-3,6,9,14-16H2,1H3,(H,26,31)/t17-/m1/s1. The van der Waals surface area contributed by atoms with E-state index in [0.29, 0.717) is 18.7 Å². The topological polar surface area (TPSA) is 88.6 Å². The molecule has 2 heterocycles. The van der Waals surface area contributed by atoms with E-state index >= 15 is 0 Å². The molecule has 172 valence electrons. The average Bonchev–Trinajstić information content (AvgIpc) is 3.10. The van der Waals surface area contributed by atoms with E-state index < -0.39 is 18.0 Å². The zero-order chi connectivity index (χ0) is 23.2. The van der Waals surface area contributed by atoms with Crippen molar-refractivity contribution in [2.24, 2.45) is 0 Å². The van der Waals surface area contributed by atoms with Gasteiger partial charge in [0.25, 0.3) is 5.91 Å². The van der Waals surface area contributed by atoms with Crippen LogP contribution in [0.1, 0.15) is 43.2 Å². The Balaban J connectivity index is 1.27. The summed E-state index contributed by atoms with van der Waals surface area (Å²) >= 11 is 1.68. The van der Waals surface area contributed by atoms with Crippen molar-refractivity contribution in [3.63, 3.8) is 0 Å². The van der Waals surface area contributed by atoms with Crippen LogP contribution in [0, 0.1) is 0 Å². The van der Waals surface area contributed by atoms with E-state index in [4.69, 9.17) is 4.74 Å². The Morgan fingerprint density at radius 3 is 2.70 bits per heavy atom. The van der Waals surface area contributed by atoms with Crippen molar-refractivity contribution in [3.05, 3.63) is 59.1 Å². The molecular weight excluding hydrogens is 438 g/mol. The molecule has 0 bridgehead atoms. The molecule has 8 heteroatoms. The summed E-state index contributed by atoms with van der Waals surface area (Å²) in [5, 5.41) is 3.81. The molecule has 0 aliphatic carbocycles. The minimum absolute atomic E-state index is 0.0347. The number of ether oxygens (including phenoxy) is 1. The van der Waals surface area contributed by atoms with Gasteiger partial charge in [0.05, 0.1) is 15.2 Å². The number of amides is 2. The fourth-order valence-electron chi connectivity index (χ4n) is 3.77. The van der Waals surface area contributed by atoms with Gasteiger partial charge in [-0.2, -0.15) is 0 Å². The molecule has 33 heavy (non-hydrogen) atoms. The summed E-state index contributed by atoms with van der Waals surface area (Å²) in [6, 6.07) is 15.6. The lowest BCUT2D eigenvalue weighted by Gasteiger charge is -2.20. The largest absolute Gasteiger partial charge is 0.451 e. The van der Waals surface area contributed by atoms with Crippen molar-refractivity contribution < 1.29 is 19.1 Å². The number of thiazole rings is 1. The number of hydrogen-bond donors (Lipinski definition) is 1. The molecule has 0 spiro atoms. The molecule has 2 amide bonds. The number of rotatable bonds is 7. The van der Waals surface area contributed by atoms with Crippen molar-refractivity contribution in [2.45, 2.75) is 45.1 Å². The Bertz CT molecular complexity index is 1110. The van der Waals surface area contributed by atoms with E-state index in [1.165, 1.54) is 16.5 Å². The second-order valence-corrected chi connectivity index (χ2v) is 9.31. The molecule has 1 atom stereocenters. The van der Waals surface area contributed by atoms with Gasteiger partial charge in [0.15, 0.2) is 6.10 Å². The number of carbonyl (C=O) groups is 3. The summed E-state index contributed by atoms with van der Waals surface area (Å²) in [4.78, 5) is 42.9. The summed E-state index contributed by atoms with van der Waals surface area (Å²) < 4.78 is 6.42. The molecule has 0 unspecified atom stereocenters. The molecule has 1 N–H and O–H groups in total. The van der Waals surface area contributed by atoms with Crippen LogP contribution in [0.5, 0.6) is 0 Å². The molecule has 2 aromatic carbocycles. The lowest BCUT2D eigenvalue weighted by molar-refractivity contribution is -0.156. The van der Waals surface area contributed by atoms with E-state index in [1.807, 2.05) is 42.5 Å². The molecule has 4 rings (SSSR count). The summed E-state index contributed by atoms with van der Waals surface area (Å²) in [7, 11) is 0. The van der Waals surface area contributed by atoms with Crippen molar-refractivity contribution in [3.8, 4) is 0 Å². The van der Waals surface area contributed by atoms with Gasteiger partial charge in [0.2, 0.25) is 5.91 Å². The number of carbonyl (C=O) groups excluding carboxylic acids is 3. The van der Waals surface area contributed by atoms with Crippen molar-refractivity contribution >= 4 is 45.0 Å². The number of nitrogens with one attached hydrogen (secondary N) is 1. The van der Waals surface area contributed by atoms with Gasteiger partial charge < -0.3 is 15.0 Å². The first kappa shape index (κ1) is 22.9. The Kier molecular flexibility index (Phi) is 7.34. The maximum atomic E-state index is 12.5. The molecule has 3 aromatic rings. The average molecular weight is 466 g/mol. The number of nitrogens with zero attached hydrogens (tertiary/aromatic N) is 2. The second kappa shape index (κ2) is 10.6. The smallest absolute Gasteiger partial charge is 0.326 e. The number of para-hydroxylation sites is 1. The van der Waals surface area contributed by atoms with Crippen LogP contribution in [0.4, 0.5) is 5.69 Å². The van der Waals surface area contributed by atoms with Crippen LogP contribution < -0.4 is 5.32 Å². The molecule has 1 aromatic heterocycles. The number of hydrogen-bond acceptors (Lipinski definition) is 6. The van der Waals surface area contributed by atoms with Crippen LogP contribution in [0.2, 0.25) is 0 Å². The van der Waals surface area contributed by atoms with E-state index in [0.717, 1.165) is 41.8 Å². The van der Waals surface area contributed by atoms with Crippen LogP contribution in [0.25, 0.3) is 10.2 Å². The van der Waals surface area contributed by atoms with E-state index in [-0.39, 0.29) is 12.5 Å². The van der Waals surface area contributed by atoms with E-state index in [1.54, 1.807) is 11.3 Å². The highest BCUT2D eigenvalue weighted by molar-refractivity contribution is 7.18. The predicted molar refractivity (Wildman–Crippen MR) is 128 cm³/mol. The van der Waals surface area contributed by atoms with Crippen LogP contribution in [-0.2, 0) is 25.5 Å². The number of likely N-dealkylation sites (tertiary alicyclic amines) is 1. The number of fused-ring (bicyclic) bond motifs is 1. The molecule has 0 radical (unpaired) electrons. The zero-order valence-electron chi connectivity index (χ0n) is 18.6. The third kappa shape index (κ3) is 6.16. The zero-order valence-corrected chi connectivity index (χ0v) is 19.4. The van der Waals surface area contributed by atoms with Gasteiger partial charge in [-0.1, -0.05) is 30.7 Å². The highest BCUT2D eigenvalue weighted by Crippen LogP contribution is 2.24. The maximum Gasteiger partial charge on any atom is 0.326 e. The summed E-state index contributed by atoms with van der Waals surface area (Å²) in [5.41, 5.74) is 2.72. The quantitative estimate of drug-likeness (QED) is 0.530. The first-order chi connectivity index (χ1) is 16.0. The molecule has 0 saturated carbocycles. The molecule has 1 fully saturated rings. The fourth-order valence-corrected chi connectivity index (χ4v) is 4.77. The molecular formula is C25H27N3O4S. The highest BCUT2D eigenvalue weighted by Gasteiger charge is 2.23. The molecule has 1 aliphatic heterocycles. The minimum atomic E-state index is -0.956. The van der Waals surface area contributed by atoms with Gasteiger partial charge in [-0.15, -0.1) is 11.3 Å². The summed E-state index contributed by atoms with van der Waals surface area (Å²) in [6.07, 6.45) is 2.93. The Hall–Kier alpha value is -3.26. The van der Waals surface area contributed by atoms with Gasteiger partial charge in [0.1, 0.15) is 6.54 Å². The van der Waals surface area contributed by atoms with Crippen molar-refractivity contribution in [2.75, 3.05) is 18.4 Å². The van der Waals surface area contributed by atoms with Crippen LogP contribution in [0.3, 0.4) is 0 Å². The lowest BCUT2D eigenvalue weighted by Crippen LogP contribution is -2.38. The maximum absolute atomic E-state index is 12.5. The Morgan fingerprint density at radius 1 is 1.12 bits per heavy atom. The SMILES string of the molecule is C[C@@H](OC(=O)CN1CCCCCC1=O)C(=O)Nc1ccc(Cc2nc3ccccc3s2)cc1. The van der Waals surface area contributed by atoms with Crippen LogP contribution in [0.15, 0.2) is 48.5 Å². The van der Waals surface area contributed by atoms with Crippen LogP contribution >= 0.6 is 11.3 Å². The van der Waals surface area contributed by atoms with E-state index in [9.17, 15) is 14.4 Å². The summed E-state index contributed by atoms with van der Waals surface area (Å²) in [5.74, 6) is -1.02. The van der Waals surface area contributed by atoms with E-state index in [2.05, 4.69) is 16.4 Å². The fraction of sp³-hybridized carbons (Fsp3) is 0.360. The number of esters is 1. The Morgan fingerprint density at radius 2 is 1.91 bits per heavy atom. The number of benzene rings is 2. The number of aromatic nitrogens is 1. The molecule has 1 saturated heterocycles. The first-order valence-corrected chi connectivity index (χ1v) is 12.0. The molecule has 1 aliphatic rings. The van der Waals surface area contributed by atoms with Gasteiger partial charge >= 0.3 is 5.97 Å². The normalized spacial score (nSPS) is 15.2. The number of anilines is 1. The van der Waals surface area contributed by atoms with Crippen molar-refractivity contribution in [1.29, 1.82) is 0 Å². The minimum Gasteiger partial charge on any atom is -0.451 e. The van der Waals surface area contributed by atoms with Gasteiger partial charge in [-0.3, -0.25) is 14.4 Å². The predicted octanol–water partition coefficient (Wildman–Crippen LogP) is 4.16.